The molecule has 1 amide bonds. The number of benzene rings is 2. The Labute approximate surface area is 182 Å². The van der Waals surface area contributed by atoms with E-state index in [1.807, 2.05) is 43.5 Å². The number of hydrogen-bond acceptors (Lipinski definition) is 4. The van der Waals surface area contributed by atoms with Gasteiger partial charge in [0.15, 0.2) is 0 Å². The lowest BCUT2D eigenvalue weighted by molar-refractivity contribution is -0.120. The van der Waals surface area contributed by atoms with E-state index in [4.69, 9.17) is 0 Å². The van der Waals surface area contributed by atoms with Crippen LogP contribution in [0.5, 0.6) is 0 Å². The minimum Gasteiger partial charge on any atom is -0.356 e. The molecule has 0 aliphatic heterocycles. The van der Waals surface area contributed by atoms with Crippen molar-refractivity contribution in [3.8, 4) is 0 Å². The van der Waals surface area contributed by atoms with Crippen LogP contribution in [0.15, 0.2) is 70.9 Å². The first-order valence-electron chi connectivity index (χ1n) is 9.81. The second kappa shape index (κ2) is 9.91. The molecule has 1 heterocycles. The number of sulfonamides is 1. The quantitative estimate of drug-likeness (QED) is 0.537. The summed E-state index contributed by atoms with van der Waals surface area (Å²) in [6.07, 6.45) is 0.857. The smallest absolute Gasteiger partial charge is 0.264 e. The van der Waals surface area contributed by atoms with Crippen molar-refractivity contribution in [3.05, 3.63) is 82.0 Å². The third-order valence-electron chi connectivity index (χ3n) is 4.75. The normalized spacial score (nSPS) is 11.3. The molecule has 2 aromatic carbocycles. The van der Waals surface area contributed by atoms with Gasteiger partial charge in [-0.2, -0.15) is 0 Å². The zero-order valence-electron chi connectivity index (χ0n) is 17.2. The second-order valence-corrected chi connectivity index (χ2v) is 10.0. The molecular weight excluding hydrogens is 416 g/mol. The minimum absolute atomic E-state index is 0.0735. The van der Waals surface area contributed by atoms with Crippen LogP contribution < -0.4 is 9.62 Å². The van der Waals surface area contributed by atoms with Crippen LogP contribution in [0.1, 0.15) is 22.4 Å². The van der Waals surface area contributed by atoms with E-state index in [0.29, 0.717) is 12.2 Å². The average molecular weight is 443 g/mol. The molecule has 0 saturated carbocycles. The van der Waals surface area contributed by atoms with E-state index in [1.54, 1.807) is 47.7 Å². The number of thiophene rings is 1. The Morgan fingerprint density at radius 3 is 2.20 bits per heavy atom. The van der Waals surface area contributed by atoms with Gasteiger partial charge in [0, 0.05) is 24.4 Å². The molecule has 0 atom stereocenters. The summed E-state index contributed by atoms with van der Waals surface area (Å²) in [5, 5.41) is 4.89. The molecule has 30 heavy (non-hydrogen) atoms. The van der Waals surface area contributed by atoms with E-state index in [0.717, 1.165) is 17.5 Å². The highest BCUT2D eigenvalue weighted by atomic mass is 32.2. The van der Waals surface area contributed by atoms with Crippen molar-refractivity contribution in [2.24, 2.45) is 0 Å². The molecule has 0 unspecified atom stereocenters. The zero-order valence-corrected chi connectivity index (χ0v) is 18.8. The van der Waals surface area contributed by atoms with E-state index >= 15 is 0 Å². The first-order valence-corrected chi connectivity index (χ1v) is 12.1. The Balaban J connectivity index is 1.72. The summed E-state index contributed by atoms with van der Waals surface area (Å²) in [6.45, 7) is 4.47. The molecule has 7 heteroatoms. The molecule has 0 spiro atoms. The third-order valence-corrected chi connectivity index (χ3v) is 7.52. The van der Waals surface area contributed by atoms with Crippen LogP contribution in [-0.4, -0.2) is 27.4 Å². The molecule has 0 radical (unpaired) electrons. The van der Waals surface area contributed by atoms with Crippen LogP contribution in [0.2, 0.25) is 0 Å². The fourth-order valence-corrected chi connectivity index (χ4v) is 5.18. The van der Waals surface area contributed by atoms with Gasteiger partial charge >= 0.3 is 0 Å². The summed E-state index contributed by atoms with van der Waals surface area (Å²) < 4.78 is 27.9. The van der Waals surface area contributed by atoms with Crippen molar-refractivity contribution in [2.75, 3.05) is 17.4 Å². The molecular formula is C23H26N2O3S2. The SMILES string of the molecule is Cc1ccc(N(CCC(=O)NCCc2cccs2)S(=O)(=O)c2ccc(C)cc2)cc1. The number of nitrogens with one attached hydrogen (secondary N) is 1. The summed E-state index contributed by atoms with van der Waals surface area (Å²) in [5.74, 6) is -0.164. The highest BCUT2D eigenvalue weighted by Gasteiger charge is 2.25. The lowest BCUT2D eigenvalue weighted by Gasteiger charge is -2.24. The number of nitrogens with zero attached hydrogens (tertiary/aromatic N) is 1. The average Bonchev–Trinajstić information content (AvgIpc) is 3.23. The van der Waals surface area contributed by atoms with Crippen molar-refractivity contribution < 1.29 is 13.2 Å². The van der Waals surface area contributed by atoms with Crippen LogP contribution in [0.25, 0.3) is 0 Å². The van der Waals surface area contributed by atoms with Gasteiger partial charge in [-0.1, -0.05) is 41.5 Å². The van der Waals surface area contributed by atoms with Crippen LogP contribution in [0.4, 0.5) is 5.69 Å². The third kappa shape index (κ3) is 5.70. The number of aryl methyl sites for hydroxylation is 2. The Kier molecular flexibility index (Phi) is 7.29. The van der Waals surface area contributed by atoms with Gasteiger partial charge in [-0.25, -0.2) is 8.42 Å². The second-order valence-electron chi connectivity index (χ2n) is 7.16. The Morgan fingerprint density at radius 2 is 1.60 bits per heavy atom. The predicted molar refractivity (Wildman–Crippen MR) is 123 cm³/mol. The lowest BCUT2D eigenvalue weighted by Crippen LogP contribution is -2.35. The monoisotopic (exact) mass is 442 g/mol. The summed E-state index contributed by atoms with van der Waals surface area (Å²) in [7, 11) is -3.78. The van der Waals surface area contributed by atoms with E-state index in [9.17, 15) is 13.2 Å². The number of hydrogen-bond donors (Lipinski definition) is 1. The topological polar surface area (TPSA) is 66.5 Å². The summed E-state index contributed by atoms with van der Waals surface area (Å²) >= 11 is 1.65. The summed E-state index contributed by atoms with van der Waals surface area (Å²) in [6, 6.07) is 18.1. The van der Waals surface area contributed by atoms with Gasteiger partial charge in [0.2, 0.25) is 5.91 Å². The molecule has 0 saturated heterocycles. The molecule has 1 aromatic heterocycles. The van der Waals surface area contributed by atoms with E-state index < -0.39 is 10.0 Å². The van der Waals surface area contributed by atoms with Crippen LogP contribution in [0, 0.1) is 13.8 Å². The highest BCUT2D eigenvalue weighted by Crippen LogP contribution is 2.24. The largest absolute Gasteiger partial charge is 0.356 e. The van der Waals surface area contributed by atoms with Gasteiger partial charge < -0.3 is 5.32 Å². The van der Waals surface area contributed by atoms with Gasteiger partial charge in [-0.3, -0.25) is 9.10 Å². The van der Waals surface area contributed by atoms with Gasteiger partial charge in [0.1, 0.15) is 0 Å². The molecule has 1 N–H and O–H groups in total. The van der Waals surface area contributed by atoms with Gasteiger partial charge in [0.05, 0.1) is 10.6 Å². The summed E-state index contributed by atoms with van der Waals surface area (Å²) in [4.78, 5) is 13.8. The van der Waals surface area contributed by atoms with Crippen LogP contribution in [0.3, 0.4) is 0 Å². The van der Waals surface area contributed by atoms with E-state index in [-0.39, 0.29) is 23.8 Å². The van der Waals surface area contributed by atoms with Crippen molar-refractivity contribution in [3.63, 3.8) is 0 Å². The van der Waals surface area contributed by atoms with Crippen LogP contribution >= 0.6 is 11.3 Å². The molecule has 0 fully saturated rings. The lowest BCUT2D eigenvalue weighted by atomic mass is 10.2. The zero-order chi connectivity index (χ0) is 21.6. The maximum atomic E-state index is 13.3. The number of amides is 1. The molecule has 158 valence electrons. The maximum Gasteiger partial charge on any atom is 0.264 e. The first-order chi connectivity index (χ1) is 14.4. The molecule has 3 aromatic rings. The van der Waals surface area contributed by atoms with E-state index in [2.05, 4.69) is 5.32 Å². The number of carbonyl (C=O) groups excluding carboxylic acids is 1. The maximum absolute atomic E-state index is 13.3. The predicted octanol–water partition coefficient (Wildman–Crippen LogP) is 4.31. The molecule has 0 aliphatic rings. The molecule has 3 rings (SSSR count). The van der Waals surface area contributed by atoms with Crippen molar-refractivity contribution in [1.82, 2.24) is 5.32 Å². The van der Waals surface area contributed by atoms with Gasteiger partial charge in [0.25, 0.3) is 10.0 Å². The first kappa shape index (κ1) is 22.1. The molecule has 0 bridgehead atoms. The Morgan fingerprint density at radius 1 is 0.967 bits per heavy atom. The Bertz CT molecular complexity index is 1060. The molecule has 5 nitrogen and oxygen atoms in total. The number of rotatable bonds is 9. The van der Waals surface area contributed by atoms with Crippen LogP contribution in [-0.2, 0) is 21.2 Å². The van der Waals surface area contributed by atoms with Crippen molar-refractivity contribution >= 4 is 33.0 Å². The van der Waals surface area contributed by atoms with Crippen molar-refractivity contribution in [1.29, 1.82) is 0 Å². The minimum atomic E-state index is -3.78. The standard InChI is InChI=1S/C23H26N2O3S2/c1-18-5-9-20(10-6-18)25(30(27,28)22-11-7-19(2)8-12-22)16-14-23(26)24-15-13-21-4-3-17-29-21/h3-12,17H,13-16H2,1-2H3,(H,24,26). The number of anilines is 1. The van der Waals surface area contributed by atoms with Crippen molar-refractivity contribution in [2.45, 2.75) is 31.6 Å². The number of carbonyl (C=O) groups is 1. The highest BCUT2D eigenvalue weighted by molar-refractivity contribution is 7.92. The van der Waals surface area contributed by atoms with Gasteiger partial charge in [-0.15, -0.1) is 11.3 Å². The fraction of sp³-hybridized carbons (Fsp3) is 0.261. The molecule has 0 aliphatic carbocycles. The van der Waals surface area contributed by atoms with E-state index in [1.165, 1.54) is 9.18 Å². The Hall–Kier alpha value is -2.64. The summed E-state index contributed by atoms with van der Waals surface area (Å²) in [5.41, 5.74) is 2.58. The van der Waals surface area contributed by atoms with Gasteiger partial charge in [-0.05, 0) is 56.0 Å². The fourth-order valence-electron chi connectivity index (χ4n) is 3.01.